The number of hydrogen-bond donors (Lipinski definition) is 1. The SMILES string of the molecule is C/C=C/C(=O)N1CCN(c2cc3c(cc2F)c(=O)c(C(=O)O)cn3C2CC2)CC1. The number of nitrogens with zero attached hydrogens (tertiary/aromatic N) is 3. The van der Waals surface area contributed by atoms with Gasteiger partial charge in [0.25, 0.3) is 0 Å². The molecule has 152 valence electrons. The number of rotatable bonds is 4. The highest BCUT2D eigenvalue weighted by atomic mass is 19.1. The zero-order chi connectivity index (χ0) is 20.7. The van der Waals surface area contributed by atoms with E-state index in [2.05, 4.69) is 0 Å². The second kappa shape index (κ2) is 7.35. The minimum absolute atomic E-state index is 0.0603. The molecule has 1 aromatic carbocycles. The number of aromatic carboxylic acids is 1. The second-order valence-electron chi connectivity index (χ2n) is 7.45. The largest absolute Gasteiger partial charge is 0.477 e. The third kappa shape index (κ3) is 3.50. The van der Waals surface area contributed by atoms with Gasteiger partial charge in [-0.15, -0.1) is 0 Å². The predicted octanol–water partition coefficient (Wildman–Crippen LogP) is 2.40. The van der Waals surface area contributed by atoms with Crippen LogP contribution in [0.4, 0.5) is 10.1 Å². The molecular formula is C21H22FN3O4. The molecule has 0 bridgehead atoms. The number of carboxylic acids is 1. The van der Waals surface area contributed by atoms with E-state index in [4.69, 9.17) is 0 Å². The minimum Gasteiger partial charge on any atom is -0.477 e. The maximum absolute atomic E-state index is 14.9. The highest BCUT2D eigenvalue weighted by molar-refractivity contribution is 5.93. The summed E-state index contributed by atoms with van der Waals surface area (Å²) in [6.07, 6.45) is 6.38. The Labute approximate surface area is 166 Å². The van der Waals surface area contributed by atoms with E-state index < -0.39 is 17.2 Å². The van der Waals surface area contributed by atoms with E-state index in [0.717, 1.165) is 18.9 Å². The van der Waals surface area contributed by atoms with Crippen molar-refractivity contribution in [1.29, 1.82) is 0 Å². The molecule has 8 heteroatoms. The van der Waals surface area contributed by atoms with Crippen molar-refractivity contribution in [3.8, 4) is 0 Å². The molecule has 0 spiro atoms. The Morgan fingerprint density at radius 2 is 1.86 bits per heavy atom. The number of allylic oxidation sites excluding steroid dienone is 1. The number of hydrogen-bond acceptors (Lipinski definition) is 4. The van der Waals surface area contributed by atoms with E-state index in [1.165, 1.54) is 12.3 Å². The first-order valence-corrected chi connectivity index (χ1v) is 9.69. The number of halogens is 1. The van der Waals surface area contributed by atoms with Gasteiger partial charge in [-0.2, -0.15) is 0 Å². The topological polar surface area (TPSA) is 82.8 Å². The number of pyridine rings is 1. The van der Waals surface area contributed by atoms with Crippen molar-refractivity contribution < 1.29 is 19.1 Å². The third-order valence-electron chi connectivity index (χ3n) is 5.51. The van der Waals surface area contributed by atoms with Gasteiger partial charge >= 0.3 is 5.97 Å². The minimum atomic E-state index is -1.31. The number of aromatic nitrogens is 1. The quantitative estimate of drug-likeness (QED) is 0.799. The Morgan fingerprint density at radius 1 is 1.17 bits per heavy atom. The molecule has 1 aliphatic carbocycles. The van der Waals surface area contributed by atoms with Crippen LogP contribution in [-0.2, 0) is 4.79 Å². The van der Waals surface area contributed by atoms with Crippen molar-refractivity contribution in [1.82, 2.24) is 9.47 Å². The van der Waals surface area contributed by atoms with E-state index in [1.54, 1.807) is 28.5 Å². The molecule has 2 aliphatic rings. The van der Waals surface area contributed by atoms with E-state index in [0.29, 0.717) is 37.4 Å². The number of anilines is 1. The smallest absolute Gasteiger partial charge is 0.341 e. The van der Waals surface area contributed by atoms with Crippen LogP contribution in [-0.4, -0.2) is 52.6 Å². The molecule has 1 saturated carbocycles. The molecule has 1 N–H and O–H groups in total. The van der Waals surface area contributed by atoms with Crippen LogP contribution in [0.15, 0.2) is 35.3 Å². The molecule has 2 aromatic rings. The van der Waals surface area contributed by atoms with Crippen LogP contribution in [0.25, 0.3) is 10.9 Å². The molecule has 0 unspecified atom stereocenters. The van der Waals surface area contributed by atoms with Gasteiger partial charge in [-0.1, -0.05) is 6.08 Å². The van der Waals surface area contributed by atoms with E-state index in [9.17, 15) is 23.9 Å². The van der Waals surface area contributed by atoms with Gasteiger partial charge in [0, 0.05) is 43.8 Å². The first kappa shape index (κ1) is 19.2. The number of fused-ring (bicyclic) bond motifs is 1. The average molecular weight is 399 g/mol. The summed E-state index contributed by atoms with van der Waals surface area (Å²) in [4.78, 5) is 39.6. The van der Waals surface area contributed by atoms with Crippen molar-refractivity contribution in [3.63, 3.8) is 0 Å². The summed E-state index contributed by atoms with van der Waals surface area (Å²) in [6.45, 7) is 3.70. The molecule has 1 saturated heterocycles. The van der Waals surface area contributed by atoms with Crippen LogP contribution in [0.1, 0.15) is 36.2 Å². The molecule has 0 atom stereocenters. The highest BCUT2D eigenvalue weighted by Gasteiger charge is 2.28. The van der Waals surface area contributed by atoms with Gasteiger partial charge in [-0.05, 0) is 38.0 Å². The summed E-state index contributed by atoms with van der Waals surface area (Å²) in [5.74, 6) is -1.93. The van der Waals surface area contributed by atoms with Crippen molar-refractivity contribution in [3.05, 3.63) is 52.1 Å². The third-order valence-corrected chi connectivity index (χ3v) is 5.51. The van der Waals surface area contributed by atoms with Crippen LogP contribution in [0.5, 0.6) is 0 Å². The van der Waals surface area contributed by atoms with Gasteiger partial charge in [0.15, 0.2) is 0 Å². The zero-order valence-electron chi connectivity index (χ0n) is 16.1. The monoisotopic (exact) mass is 399 g/mol. The van der Waals surface area contributed by atoms with Crippen molar-refractivity contribution >= 4 is 28.5 Å². The van der Waals surface area contributed by atoms with Crippen molar-refractivity contribution in [2.75, 3.05) is 31.1 Å². The predicted molar refractivity (Wildman–Crippen MR) is 107 cm³/mol. The van der Waals surface area contributed by atoms with Gasteiger partial charge in [0.1, 0.15) is 11.4 Å². The number of carboxylic acid groups (broad SMARTS) is 1. The average Bonchev–Trinajstić information content (AvgIpc) is 3.53. The zero-order valence-corrected chi connectivity index (χ0v) is 16.1. The van der Waals surface area contributed by atoms with Gasteiger partial charge in [0.2, 0.25) is 11.3 Å². The summed E-state index contributed by atoms with van der Waals surface area (Å²) < 4.78 is 16.7. The molecule has 7 nitrogen and oxygen atoms in total. The normalized spacial score (nSPS) is 17.3. The molecule has 2 heterocycles. The molecule has 2 fully saturated rings. The number of benzene rings is 1. The molecule has 1 amide bonds. The van der Waals surface area contributed by atoms with Crippen LogP contribution < -0.4 is 10.3 Å². The lowest BCUT2D eigenvalue weighted by Gasteiger charge is -2.36. The molecular weight excluding hydrogens is 377 g/mol. The van der Waals surface area contributed by atoms with Crippen LogP contribution in [0.2, 0.25) is 0 Å². The lowest BCUT2D eigenvalue weighted by atomic mass is 10.1. The number of carbonyl (C=O) groups excluding carboxylic acids is 1. The lowest BCUT2D eigenvalue weighted by Crippen LogP contribution is -2.48. The standard InChI is InChI=1S/C21H22FN3O4/c1-2-3-19(26)24-8-6-23(7-9-24)18-11-17-14(10-16(18)22)20(27)15(21(28)29)12-25(17)13-4-5-13/h2-3,10-13H,4-9H2,1H3,(H,28,29)/b3-2+. The Bertz CT molecular complexity index is 1080. The molecule has 1 aliphatic heterocycles. The molecule has 4 rings (SSSR count). The molecule has 29 heavy (non-hydrogen) atoms. The van der Waals surface area contributed by atoms with Crippen LogP contribution in [0.3, 0.4) is 0 Å². The number of amides is 1. The summed E-state index contributed by atoms with van der Waals surface area (Å²) in [7, 11) is 0. The summed E-state index contributed by atoms with van der Waals surface area (Å²) in [6, 6.07) is 2.92. The second-order valence-corrected chi connectivity index (χ2v) is 7.45. The van der Waals surface area contributed by atoms with Crippen molar-refractivity contribution in [2.24, 2.45) is 0 Å². The van der Waals surface area contributed by atoms with Gasteiger partial charge in [0.05, 0.1) is 11.2 Å². The summed E-state index contributed by atoms with van der Waals surface area (Å²) in [5, 5.41) is 9.42. The first-order chi connectivity index (χ1) is 13.9. The molecule has 0 radical (unpaired) electrons. The summed E-state index contributed by atoms with van der Waals surface area (Å²) in [5.41, 5.74) is -0.0943. The number of carbonyl (C=O) groups is 2. The Balaban J connectivity index is 1.72. The van der Waals surface area contributed by atoms with E-state index >= 15 is 0 Å². The van der Waals surface area contributed by atoms with E-state index in [1.807, 2.05) is 4.90 Å². The van der Waals surface area contributed by atoms with Gasteiger partial charge in [-0.25, -0.2) is 9.18 Å². The maximum atomic E-state index is 14.9. The van der Waals surface area contributed by atoms with Gasteiger partial charge in [-0.3, -0.25) is 9.59 Å². The van der Waals surface area contributed by atoms with Crippen LogP contribution in [0, 0.1) is 5.82 Å². The van der Waals surface area contributed by atoms with Crippen molar-refractivity contribution in [2.45, 2.75) is 25.8 Å². The highest BCUT2D eigenvalue weighted by Crippen LogP contribution is 2.38. The lowest BCUT2D eigenvalue weighted by molar-refractivity contribution is -0.126. The van der Waals surface area contributed by atoms with Gasteiger partial charge < -0.3 is 19.5 Å². The fraction of sp³-hybridized carbons (Fsp3) is 0.381. The van der Waals surface area contributed by atoms with Crippen LogP contribution >= 0.6 is 0 Å². The van der Waals surface area contributed by atoms with E-state index in [-0.39, 0.29) is 22.9 Å². The Hall–Kier alpha value is -3.16. The summed E-state index contributed by atoms with van der Waals surface area (Å²) >= 11 is 0. The fourth-order valence-corrected chi connectivity index (χ4v) is 3.82. The Morgan fingerprint density at radius 3 is 2.45 bits per heavy atom. The fourth-order valence-electron chi connectivity index (χ4n) is 3.82. The maximum Gasteiger partial charge on any atom is 0.341 e. The Kier molecular flexibility index (Phi) is 4.86. The first-order valence-electron chi connectivity index (χ1n) is 9.69. The number of piperazine rings is 1. The molecule has 1 aromatic heterocycles.